The van der Waals surface area contributed by atoms with E-state index in [9.17, 15) is 0 Å². The van der Waals surface area contributed by atoms with Gasteiger partial charge in [0.2, 0.25) is 0 Å². The molecule has 0 aliphatic carbocycles. The summed E-state index contributed by atoms with van der Waals surface area (Å²) >= 11 is 0. The van der Waals surface area contributed by atoms with Gasteiger partial charge in [-0.05, 0) is 7.05 Å². The van der Waals surface area contributed by atoms with E-state index in [-0.39, 0.29) is 0 Å². The van der Waals surface area contributed by atoms with Gasteiger partial charge in [-0.2, -0.15) is 0 Å². The molecule has 1 heterocycles. The van der Waals surface area contributed by atoms with Crippen molar-refractivity contribution in [1.82, 2.24) is 14.6 Å². The van der Waals surface area contributed by atoms with Gasteiger partial charge in [0.15, 0.2) is 5.75 Å². The summed E-state index contributed by atoms with van der Waals surface area (Å²) in [6.07, 6.45) is 4.78. The third-order valence-electron chi connectivity index (χ3n) is 1.25. The first-order valence-electron chi connectivity index (χ1n) is 3.62. The van der Waals surface area contributed by atoms with Crippen LogP contribution in [-0.4, -0.2) is 34.8 Å². The normalized spacial score (nSPS) is 10.2. The molecule has 0 fully saturated rings. The minimum Gasteiger partial charge on any atom is -0.489 e. The van der Waals surface area contributed by atoms with Crippen LogP contribution in [0.5, 0.6) is 5.75 Å². The average Bonchev–Trinajstić information content (AvgIpc) is 2.05. The molecule has 4 nitrogen and oxygen atoms in total. The average molecular weight is 185 g/mol. The quantitative estimate of drug-likeness (QED) is 0.643. The van der Waals surface area contributed by atoms with Crippen LogP contribution >= 0.6 is 9.39 Å². The van der Waals surface area contributed by atoms with Gasteiger partial charge in [0.05, 0.1) is 12.4 Å². The van der Waals surface area contributed by atoms with E-state index in [2.05, 4.69) is 19.4 Å². The highest BCUT2D eigenvalue weighted by atomic mass is 31.0. The van der Waals surface area contributed by atoms with Crippen molar-refractivity contribution in [2.45, 2.75) is 0 Å². The van der Waals surface area contributed by atoms with Crippen molar-refractivity contribution in [2.75, 3.05) is 20.2 Å². The van der Waals surface area contributed by atoms with Crippen LogP contribution in [0, 0.1) is 0 Å². The number of aromatic nitrogens is 2. The van der Waals surface area contributed by atoms with E-state index in [1.54, 1.807) is 12.4 Å². The molecule has 0 radical (unpaired) electrons. The Bertz CT molecular complexity index is 217. The Labute approximate surface area is 74.2 Å². The first-order valence-corrected chi connectivity index (χ1v) is 4.14. The lowest BCUT2D eigenvalue weighted by atomic mass is 10.6. The summed E-state index contributed by atoms with van der Waals surface area (Å²) in [5.74, 6) is 0.712. The molecule has 1 rings (SSSR count). The Morgan fingerprint density at radius 1 is 1.50 bits per heavy atom. The standard InChI is InChI=1S/C7H12N3OP/c1-10(12)2-3-11-7-4-8-6-9-5-7/h4-6H,2-3,12H2,1H3. The highest BCUT2D eigenvalue weighted by Gasteiger charge is 1.93. The fourth-order valence-electron chi connectivity index (χ4n) is 0.667. The first-order chi connectivity index (χ1) is 5.79. The lowest BCUT2D eigenvalue weighted by Gasteiger charge is -2.09. The van der Waals surface area contributed by atoms with Crippen molar-refractivity contribution in [2.24, 2.45) is 0 Å². The molecule has 0 aliphatic heterocycles. The second kappa shape index (κ2) is 5.01. The van der Waals surface area contributed by atoms with Crippen molar-refractivity contribution >= 4 is 9.39 Å². The minimum absolute atomic E-state index is 0.646. The second-order valence-electron chi connectivity index (χ2n) is 2.40. The van der Waals surface area contributed by atoms with E-state index in [0.29, 0.717) is 12.4 Å². The van der Waals surface area contributed by atoms with Crippen LogP contribution in [0.2, 0.25) is 0 Å². The number of ether oxygens (including phenoxy) is 1. The SMILES string of the molecule is CN(P)CCOc1cncnc1. The summed E-state index contributed by atoms with van der Waals surface area (Å²) < 4.78 is 7.31. The van der Waals surface area contributed by atoms with E-state index in [4.69, 9.17) is 4.74 Å². The molecular weight excluding hydrogens is 173 g/mol. The van der Waals surface area contributed by atoms with Crippen LogP contribution in [0.4, 0.5) is 0 Å². The number of hydrogen-bond donors (Lipinski definition) is 0. The van der Waals surface area contributed by atoms with Crippen molar-refractivity contribution in [1.29, 1.82) is 0 Å². The molecule has 0 bridgehead atoms. The smallest absolute Gasteiger partial charge is 0.155 e. The monoisotopic (exact) mass is 185 g/mol. The predicted molar refractivity (Wildman–Crippen MR) is 49.9 cm³/mol. The maximum atomic E-state index is 5.34. The molecule has 1 aromatic heterocycles. The number of nitrogens with zero attached hydrogens (tertiary/aromatic N) is 3. The molecule has 0 aromatic carbocycles. The number of hydrogen-bond acceptors (Lipinski definition) is 4. The lowest BCUT2D eigenvalue weighted by molar-refractivity contribution is 0.291. The van der Waals surface area contributed by atoms with Gasteiger partial charge in [0.1, 0.15) is 12.9 Å². The molecule has 0 aliphatic rings. The third kappa shape index (κ3) is 3.60. The Balaban J connectivity index is 2.25. The summed E-state index contributed by atoms with van der Waals surface area (Å²) in [6.45, 7) is 1.51. The molecule has 1 aromatic rings. The zero-order valence-corrected chi connectivity index (χ0v) is 8.13. The largest absolute Gasteiger partial charge is 0.489 e. The predicted octanol–water partition coefficient (Wildman–Crippen LogP) is 0.577. The molecule has 0 spiro atoms. The van der Waals surface area contributed by atoms with Gasteiger partial charge in [-0.25, -0.2) is 9.97 Å². The third-order valence-corrected chi connectivity index (χ3v) is 1.51. The molecular formula is C7H12N3OP. The lowest BCUT2D eigenvalue weighted by Crippen LogP contribution is -2.14. The van der Waals surface area contributed by atoms with Gasteiger partial charge in [-0.1, -0.05) is 9.39 Å². The van der Waals surface area contributed by atoms with Crippen LogP contribution in [0.25, 0.3) is 0 Å². The van der Waals surface area contributed by atoms with Gasteiger partial charge in [-0.3, -0.25) is 4.67 Å². The van der Waals surface area contributed by atoms with E-state index in [1.165, 1.54) is 6.33 Å². The summed E-state index contributed by atoms with van der Waals surface area (Å²) in [7, 11) is 4.53. The highest BCUT2D eigenvalue weighted by Crippen LogP contribution is 2.03. The maximum absolute atomic E-state index is 5.34. The Hall–Kier alpha value is -0.730. The Kier molecular flexibility index (Phi) is 3.91. The van der Waals surface area contributed by atoms with Crippen molar-refractivity contribution in [3.63, 3.8) is 0 Å². The number of likely N-dealkylation sites (N-methyl/N-ethyl adjacent to an activating group) is 1. The van der Waals surface area contributed by atoms with Crippen LogP contribution in [0.1, 0.15) is 0 Å². The Morgan fingerprint density at radius 3 is 2.75 bits per heavy atom. The van der Waals surface area contributed by atoms with Crippen LogP contribution in [0.15, 0.2) is 18.7 Å². The second-order valence-corrected chi connectivity index (χ2v) is 3.28. The zero-order valence-electron chi connectivity index (χ0n) is 6.97. The fourth-order valence-corrected chi connectivity index (χ4v) is 0.773. The summed E-state index contributed by atoms with van der Waals surface area (Å²) in [5, 5.41) is 0. The van der Waals surface area contributed by atoms with Gasteiger partial charge in [-0.15, -0.1) is 0 Å². The molecule has 0 saturated heterocycles. The summed E-state index contributed by atoms with van der Waals surface area (Å²) in [6, 6.07) is 0. The van der Waals surface area contributed by atoms with Crippen LogP contribution < -0.4 is 4.74 Å². The van der Waals surface area contributed by atoms with E-state index >= 15 is 0 Å². The van der Waals surface area contributed by atoms with Crippen molar-refractivity contribution in [3.05, 3.63) is 18.7 Å². The van der Waals surface area contributed by atoms with Gasteiger partial charge in [0.25, 0.3) is 0 Å². The fraction of sp³-hybridized carbons (Fsp3) is 0.429. The molecule has 0 N–H and O–H groups in total. The molecule has 66 valence electrons. The molecule has 1 unspecified atom stereocenters. The highest BCUT2D eigenvalue weighted by molar-refractivity contribution is 7.13. The topological polar surface area (TPSA) is 38.2 Å². The molecule has 0 saturated carbocycles. The van der Waals surface area contributed by atoms with Gasteiger partial charge < -0.3 is 4.74 Å². The van der Waals surface area contributed by atoms with Crippen molar-refractivity contribution in [3.8, 4) is 5.75 Å². The Morgan fingerprint density at radius 2 is 2.17 bits per heavy atom. The van der Waals surface area contributed by atoms with Crippen LogP contribution in [0.3, 0.4) is 0 Å². The summed E-state index contributed by atoms with van der Waals surface area (Å²) in [4.78, 5) is 7.66. The van der Waals surface area contributed by atoms with Crippen LogP contribution in [-0.2, 0) is 0 Å². The molecule has 1 atom stereocenters. The van der Waals surface area contributed by atoms with E-state index < -0.39 is 0 Å². The van der Waals surface area contributed by atoms with Gasteiger partial charge >= 0.3 is 0 Å². The number of rotatable bonds is 4. The maximum Gasteiger partial charge on any atom is 0.155 e. The molecule has 5 heteroatoms. The zero-order chi connectivity index (χ0) is 8.81. The van der Waals surface area contributed by atoms with Crippen molar-refractivity contribution < 1.29 is 4.74 Å². The van der Waals surface area contributed by atoms with E-state index in [0.717, 1.165) is 6.54 Å². The van der Waals surface area contributed by atoms with E-state index in [1.807, 2.05) is 11.7 Å². The van der Waals surface area contributed by atoms with Gasteiger partial charge in [0, 0.05) is 6.54 Å². The minimum atomic E-state index is 0.646. The molecule has 12 heavy (non-hydrogen) atoms. The first kappa shape index (κ1) is 9.36. The molecule has 0 amide bonds. The summed E-state index contributed by atoms with van der Waals surface area (Å²) in [5.41, 5.74) is 0.